The molecule has 0 aromatic heterocycles. The first-order valence-corrected chi connectivity index (χ1v) is 9.06. The standard InChI is InChI=1S/C22H19FN2O3/c1-15-21(26)24(22(27)25(15)19-9-7-18(23)8-10-19)12-13-28-20-11-6-16-4-2-3-5-17(16)14-20/h2-11,14-15H,12-13H2,1H3. The van der Waals surface area contributed by atoms with E-state index in [-0.39, 0.29) is 19.1 Å². The third kappa shape index (κ3) is 3.29. The van der Waals surface area contributed by atoms with E-state index in [1.807, 2.05) is 42.5 Å². The van der Waals surface area contributed by atoms with Crippen molar-refractivity contribution in [3.63, 3.8) is 0 Å². The number of halogens is 1. The van der Waals surface area contributed by atoms with Crippen molar-refractivity contribution in [2.75, 3.05) is 18.1 Å². The molecule has 1 fully saturated rings. The number of benzene rings is 3. The molecule has 28 heavy (non-hydrogen) atoms. The average molecular weight is 378 g/mol. The number of nitrogens with zero attached hydrogens (tertiary/aromatic N) is 2. The molecular weight excluding hydrogens is 359 g/mol. The Morgan fingerprint density at radius 1 is 0.964 bits per heavy atom. The number of anilines is 1. The van der Waals surface area contributed by atoms with Crippen molar-refractivity contribution in [1.29, 1.82) is 0 Å². The molecule has 1 unspecified atom stereocenters. The van der Waals surface area contributed by atoms with Gasteiger partial charge in [0.2, 0.25) is 0 Å². The van der Waals surface area contributed by atoms with Gasteiger partial charge in [-0.3, -0.25) is 14.6 Å². The summed E-state index contributed by atoms with van der Waals surface area (Å²) in [5, 5.41) is 2.17. The molecule has 4 rings (SSSR count). The Hall–Kier alpha value is -3.41. The minimum Gasteiger partial charge on any atom is -0.492 e. The Morgan fingerprint density at radius 2 is 1.68 bits per heavy atom. The van der Waals surface area contributed by atoms with Crippen LogP contribution < -0.4 is 9.64 Å². The highest BCUT2D eigenvalue weighted by Crippen LogP contribution is 2.26. The Kier molecular flexibility index (Phi) is 4.69. The van der Waals surface area contributed by atoms with Gasteiger partial charge >= 0.3 is 6.03 Å². The first-order valence-electron chi connectivity index (χ1n) is 9.06. The largest absolute Gasteiger partial charge is 0.492 e. The first kappa shape index (κ1) is 18.0. The van der Waals surface area contributed by atoms with Gasteiger partial charge in [0.05, 0.1) is 6.54 Å². The van der Waals surface area contributed by atoms with Gasteiger partial charge in [0.15, 0.2) is 0 Å². The molecule has 3 amide bonds. The molecule has 142 valence electrons. The van der Waals surface area contributed by atoms with Crippen LogP contribution in [0, 0.1) is 5.82 Å². The summed E-state index contributed by atoms with van der Waals surface area (Å²) in [6.07, 6.45) is 0. The summed E-state index contributed by atoms with van der Waals surface area (Å²) in [7, 11) is 0. The average Bonchev–Trinajstić information content (AvgIpc) is 2.92. The second kappa shape index (κ2) is 7.31. The van der Waals surface area contributed by atoms with Gasteiger partial charge in [-0.25, -0.2) is 9.18 Å². The van der Waals surface area contributed by atoms with Crippen molar-refractivity contribution >= 4 is 28.4 Å². The van der Waals surface area contributed by atoms with Gasteiger partial charge in [-0.05, 0) is 54.1 Å². The maximum absolute atomic E-state index is 13.1. The predicted molar refractivity (Wildman–Crippen MR) is 105 cm³/mol. The van der Waals surface area contributed by atoms with Crippen molar-refractivity contribution < 1.29 is 18.7 Å². The minimum absolute atomic E-state index is 0.145. The quantitative estimate of drug-likeness (QED) is 0.625. The lowest BCUT2D eigenvalue weighted by Gasteiger charge is -2.19. The molecule has 1 saturated heterocycles. The van der Waals surface area contributed by atoms with Crippen LogP contribution in [0.25, 0.3) is 10.8 Å². The molecule has 0 N–H and O–H groups in total. The number of hydrogen-bond acceptors (Lipinski definition) is 3. The first-order chi connectivity index (χ1) is 13.5. The van der Waals surface area contributed by atoms with E-state index in [1.54, 1.807) is 6.92 Å². The summed E-state index contributed by atoms with van der Waals surface area (Å²) in [6.45, 7) is 2.00. The lowest BCUT2D eigenvalue weighted by molar-refractivity contribution is -0.127. The Labute approximate surface area is 161 Å². The second-order valence-corrected chi connectivity index (χ2v) is 6.65. The number of fused-ring (bicyclic) bond motifs is 1. The molecule has 0 aliphatic carbocycles. The van der Waals surface area contributed by atoms with Crippen LogP contribution in [-0.2, 0) is 4.79 Å². The van der Waals surface area contributed by atoms with Gasteiger partial charge in [0.25, 0.3) is 5.91 Å². The van der Waals surface area contributed by atoms with Gasteiger partial charge < -0.3 is 4.74 Å². The van der Waals surface area contributed by atoms with E-state index in [1.165, 1.54) is 34.1 Å². The van der Waals surface area contributed by atoms with Crippen molar-refractivity contribution in [3.8, 4) is 5.75 Å². The van der Waals surface area contributed by atoms with Gasteiger partial charge in [-0.2, -0.15) is 0 Å². The highest BCUT2D eigenvalue weighted by Gasteiger charge is 2.43. The Morgan fingerprint density at radius 3 is 2.43 bits per heavy atom. The van der Waals surface area contributed by atoms with Gasteiger partial charge in [-0.1, -0.05) is 30.3 Å². The fraction of sp³-hybridized carbons (Fsp3) is 0.182. The zero-order chi connectivity index (χ0) is 19.7. The Balaban J connectivity index is 1.43. The Bertz CT molecular complexity index is 1040. The number of carbonyl (C=O) groups excluding carboxylic acids is 2. The van der Waals surface area contributed by atoms with E-state index in [0.29, 0.717) is 11.4 Å². The highest BCUT2D eigenvalue weighted by atomic mass is 19.1. The summed E-state index contributed by atoms with van der Waals surface area (Å²) in [6, 6.07) is 18.2. The summed E-state index contributed by atoms with van der Waals surface area (Å²) in [5.74, 6) is -0.00677. The van der Waals surface area contributed by atoms with Crippen LogP contribution >= 0.6 is 0 Å². The van der Waals surface area contributed by atoms with Crippen molar-refractivity contribution in [1.82, 2.24) is 4.90 Å². The van der Waals surface area contributed by atoms with E-state index in [0.717, 1.165) is 10.8 Å². The van der Waals surface area contributed by atoms with Crippen LogP contribution in [-0.4, -0.2) is 36.0 Å². The molecular formula is C22H19FN2O3. The van der Waals surface area contributed by atoms with Crippen LogP contribution in [0.5, 0.6) is 5.75 Å². The van der Waals surface area contributed by atoms with E-state index >= 15 is 0 Å². The normalized spacial score (nSPS) is 16.9. The fourth-order valence-corrected chi connectivity index (χ4v) is 3.38. The van der Waals surface area contributed by atoms with Crippen LogP contribution in [0.2, 0.25) is 0 Å². The van der Waals surface area contributed by atoms with E-state index in [2.05, 4.69) is 0 Å². The summed E-state index contributed by atoms with van der Waals surface area (Å²) < 4.78 is 18.9. The van der Waals surface area contributed by atoms with Gasteiger partial charge in [0, 0.05) is 5.69 Å². The molecule has 0 radical (unpaired) electrons. The molecule has 0 spiro atoms. The van der Waals surface area contributed by atoms with E-state index < -0.39 is 17.9 Å². The summed E-state index contributed by atoms with van der Waals surface area (Å²) in [4.78, 5) is 27.8. The van der Waals surface area contributed by atoms with E-state index in [4.69, 9.17) is 4.74 Å². The molecule has 1 aliphatic rings. The van der Waals surface area contributed by atoms with Gasteiger partial charge in [-0.15, -0.1) is 0 Å². The number of ether oxygens (including phenoxy) is 1. The molecule has 1 aliphatic heterocycles. The molecule has 3 aromatic rings. The van der Waals surface area contributed by atoms with Crippen LogP contribution in [0.4, 0.5) is 14.9 Å². The molecule has 0 saturated carbocycles. The zero-order valence-corrected chi connectivity index (χ0v) is 15.3. The number of hydrogen-bond donors (Lipinski definition) is 0. The molecule has 1 atom stereocenters. The van der Waals surface area contributed by atoms with Gasteiger partial charge in [0.1, 0.15) is 24.2 Å². The zero-order valence-electron chi connectivity index (χ0n) is 15.3. The number of rotatable bonds is 5. The third-order valence-corrected chi connectivity index (χ3v) is 4.86. The van der Waals surface area contributed by atoms with Crippen LogP contribution in [0.15, 0.2) is 66.7 Å². The topological polar surface area (TPSA) is 49.9 Å². The van der Waals surface area contributed by atoms with Crippen molar-refractivity contribution in [2.45, 2.75) is 13.0 Å². The number of amides is 3. The second-order valence-electron chi connectivity index (χ2n) is 6.65. The SMILES string of the molecule is CC1C(=O)N(CCOc2ccc3ccccc3c2)C(=O)N1c1ccc(F)cc1. The smallest absolute Gasteiger partial charge is 0.332 e. The highest BCUT2D eigenvalue weighted by molar-refractivity contribution is 6.14. The van der Waals surface area contributed by atoms with Crippen molar-refractivity contribution in [3.05, 3.63) is 72.5 Å². The number of imide groups is 1. The third-order valence-electron chi connectivity index (χ3n) is 4.86. The maximum atomic E-state index is 13.1. The van der Waals surface area contributed by atoms with Crippen molar-refractivity contribution in [2.24, 2.45) is 0 Å². The summed E-state index contributed by atoms with van der Waals surface area (Å²) in [5.41, 5.74) is 0.491. The molecule has 1 heterocycles. The lowest BCUT2D eigenvalue weighted by Crippen LogP contribution is -2.36. The predicted octanol–water partition coefficient (Wildman–Crippen LogP) is 4.22. The molecule has 6 heteroatoms. The fourth-order valence-electron chi connectivity index (χ4n) is 3.38. The number of urea groups is 1. The molecule has 3 aromatic carbocycles. The molecule has 0 bridgehead atoms. The lowest BCUT2D eigenvalue weighted by atomic mass is 10.1. The minimum atomic E-state index is -0.640. The monoisotopic (exact) mass is 378 g/mol. The maximum Gasteiger partial charge on any atom is 0.332 e. The van der Waals surface area contributed by atoms with Crippen LogP contribution in [0.1, 0.15) is 6.92 Å². The van der Waals surface area contributed by atoms with Crippen LogP contribution in [0.3, 0.4) is 0 Å². The molecule has 5 nitrogen and oxygen atoms in total. The summed E-state index contributed by atoms with van der Waals surface area (Å²) >= 11 is 0. The van der Waals surface area contributed by atoms with E-state index in [9.17, 15) is 14.0 Å². The number of carbonyl (C=O) groups is 2.